The summed E-state index contributed by atoms with van der Waals surface area (Å²) >= 11 is 6.20. The normalized spacial score (nSPS) is 23.6. The number of ether oxygens (including phenoxy) is 1. The molecular formula is C31H43ClN4O4. The van der Waals surface area contributed by atoms with E-state index in [0.29, 0.717) is 37.6 Å². The minimum atomic E-state index is -0.801. The molecule has 2 aromatic carbocycles. The molecule has 218 valence electrons. The summed E-state index contributed by atoms with van der Waals surface area (Å²) in [6.45, 7) is 9.07. The largest absolute Gasteiger partial charge is 0.492 e. The quantitative estimate of drug-likeness (QED) is 0.435. The highest BCUT2D eigenvalue weighted by Gasteiger charge is 2.31. The Bertz CT molecular complexity index is 1140. The van der Waals surface area contributed by atoms with Gasteiger partial charge < -0.3 is 26.0 Å². The standard InChI is InChI=1S/C31H43ClN4O4/c1-5-9-25-29(37)34-15-14-21(4)24-12-6-7-13-27(24)40-17-16-33-26(19-22-10-8-11-23(32)18-22)30(38)36-28(20(2)3)31(39)35-25/h6-8,10-13,18,20-21,25-26,28,33H,5,9,14-17,19H2,1-4H3,(H,34,37)(H,35,39)(H,36,38)/t21?,25-,26+,28+/m0/s1. The first-order valence-corrected chi connectivity index (χ1v) is 14.6. The summed E-state index contributed by atoms with van der Waals surface area (Å²) in [5, 5.41) is 12.7. The molecule has 3 amide bonds. The second kappa shape index (κ2) is 15.6. The summed E-state index contributed by atoms with van der Waals surface area (Å²) in [4.78, 5) is 40.0. The molecule has 1 aliphatic rings. The lowest BCUT2D eigenvalue weighted by molar-refractivity contribution is -0.133. The smallest absolute Gasteiger partial charge is 0.243 e. The molecule has 0 aliphatic carbocycles. The fourth-order valence-corrected chi connectivity index (χ4v) is 5.08. The number of rotatable bonds is 5. The maximum Gasteiger partial charge on any atom is 0.243 e. The highest BCUT2D eigenvalue weighted by molar-refractivity contribution is 6.30. The number of fused-ring (bicyclic) bond motifs is 1. The molecule has 0 radical (unpaired) electrons. The van der Waals surface area contributed by atoms with Crippen molar-refractivity contribution in [1.82, 2.24) is 21.3 Å². The van der Waals surface area contributed by atoms with Gasteiger partial charge in [-0.15, -0.1) is 0 Å². The molecule has 9 heteroatoms. The lowest BCUT2D eigenvalue weighted by atomic mass is 9.96. The highest BCUT2D eigenvalue weighted by atomic mass is 35.5. The van der Waals surface area contributed by atoms with E-state index in [1.807, 2.05) is 63.2 Å². The molecule has 1 unspecified atom stereocenters. The first kappa shape index (κ1) is 31.4. The van der Waals surface area contributed by atoms with E-state index in [0.717, 1.165) is 29.7 Å². The summed E-state index contributed by atoms with van der Waals surface area (Å²) in [6.07, 6.45) is 2.34. The van der Waals surface area contributed by atoms with Crippen molar-refractivity contribution in [1.29, 1.82) is 0 Å². The third kappa shape index (κ3) is 9.24. The zero-order valence-corrected chi connectivity index (χ0v) is 24.7. The van der Waals surface area contributed by atoms with Gasteiger partial charge in [-0.1, -0.05) is 76.0 Å². The van der Waals surface area contributed by atoms with Gasteiger partial charge in [-0.05, 0) is 60.4 Å². The summed E-state index contributed by atoms with van der Waals surface area (Å²) in [5.41, 5.74) is 1.96. The first-order chi connectivity index (χ1) is 19.2. The molecule has 0 spiro atoms. The molecule has 3 rings (SSSR count). The van der Waals surface area contributed by atoms with Crippen molar-refractivity contribution in [3.63, 3.8) is 0 Å². The van der Waals surface area contributed by atoms with Gasteiger partial charge in [0.25, 0.3) is 0 Å². The van der Waals surface area contributed by atoms with Gasteiger partial charge in [-0.2, -0.15) is 0 Å². The van der Waals surface area contributed by atoms with E-state index in [4.69, 9.17) is 16.3 Å². The van der Waals surface area contributed by atoms with Crippen molar-refractivity contribution in [2.45, 2.75) is 77.4 Å². The van der Waals surface area contributed by atoms with Crippen LogP contribution in [0, 0.1) is 5.92 Å². The number of benzene rings is 2. The van der Waals surface area contributed by atoms with Crippen molar-refractivity contribution in [2.24, 2.45) is 5.92 Å². The van der Waals surface area contributed by atoms with Crippen LogP contribution in [0.2, 0.25) is 5.02 Å². The molecule has 4 atom stereocenters. The van der Waals surface area contributed by atoms with Crippen LogP contribution in [0.5, 0.6) is 5.75 Å². The molecule has 8 nitrogen and oxygen atoms in total. The topological polar surface area (TPSA) is 109 Å². The van der Waals surface area contributed by atoms with Gasteiger partial charge in [-0.25, -0.2) is 0 Å². The van der Waals surface area contributed by atoms with Crippen LogP contribution in [0.15, 0.2) is 48.5 Å². The van der Waals surface area contributed by atoms with Crippen LogP contribution in [0.4, 0.5) is 0 Å². The molecule has 4 N–H and O–H groups in total. The van der Waals surface area contributed by atoms with Crippen LogP contribution in [-0.4, -0.2) is 55.5 Å². The van der Waals surface area contributed by atoms with Crippen LogP contribution in [0.1, 0.15) is 64.0 Å². The first-order valence-electron chi connectivity index (χ1n) is 14.3. The maximum atomic E-state index is 13.6. The molecule has 0 fully saturated rings. The molecule has 0 saturated heterocycles. The Hall–Kier alpha value is -3.10. The Labute approximate surface area is 243 Å². The summed E-state index contributed by atoms with van der Waals surface area (Å²) in [7, 11) is 0. The van der Waals surface area contributed by atoms with Crippen LogP contribution in [0.3, 0.4) is 0 Å². The van der Waals surface area contributed by atoms with Gasteiger partial charge in [0.15, 0.2) is 0 Å². The predicted molar refractivity (Wildman–Crippen MR) is 159 cm³/mol. The van der Waals surface area contributed by atoms with Gasteiger partial charge >= 0.3 is 0 Å². The Morgan fingerprint density at radius 2 is 1.73 bits per heavy atom. The van der Waals surface area contributed by atoms with E-state index in [2.05, 4.69) is 28.2 Å². The number of carbonyl (C=O) groups is 3. The van der Waals surface area contributed by atoms with Crippen molar-refractivity contribution in [2.75, 3.05) is 19.7 Å². The molecule has 40 heavy (non-hydrogen) atoms. The number of halogens is 1. The summed E-state index contributed by atoms with van der Waals surface area (Å²) in [6, 6.07) is 13.2. The molecule has 1 aliphatic heterocycles. The Morgan fingerprint density at radius 1 is 0.950 bits per heavy atom. The lowest BCUT2D eigenvalue weighted by Crippen LogP contribution is -2.58. The molecular weight excluding hydrogens is 528 g/mol. The Balaban J connectivity index is 1.89. The number of carbonyl (C=O) groups excluding carboxylic acids is 3. The van der Waals surface area contributed by atoms with Crippen LogP contribution in [0.25, 0.3) is 0 Å². The Kier molecular flexibility index (Phi) is 12.3. The van der Waals surface area contributed by atoms with Crippen molar-refractivity contribution >= 4 is 29.3 Å². The van der Waals surface area contributed by atoms with E-state index >= 15 is 0 Å². The minimum absolute atomic E-state index is 0.147. The van der Waals surface area contributed by atoms with Crippen LogP contribution in [-0.2, 0) is 20.8 Å². The number of hydrogen-bond acceptors (Lipinski definition) is 5. The average molecular weight is 571 g/mol. The average Bonchev–Trinajstić information content (AvgIpc) is 2.92. The Morgan fingerprint density at radius 3 is 2.45 bits per heavy atom. The van der Waals surface area contributed by atoms with Crippen molar-refractivity contribution in [3.05, 3.63) is 64.7 Å². The predicted octanol–water partition coefficient (Wildman–Crippen LogP) is 3.97. The van der Waals surface area contributed by atoms with Crippen molar-refractivity contribution < 1.29 is 19.1 Å². The highest BCUT2D eigenvalue weighted by Crippen LogP contribution is 2.28. The van der Waals surface area contributed by atoms with Crippen LogP contribution < -0.4 is 26.0 Å². The van der Waals surface area contributed by atoms with Gasteiger partial charge in [-0.3, -0.25) is 14.4 Å². The van der Waals surface area contributed by atoms with Gasteiger partial charge in [0.05, 0.1) is 6.04 Å². The van der Waals surface area contributed by atoms with E-state index in [1.165, 1.54) is 0 Å². The second-order valence-corrected chi connectivity index (χ2v) is 11.2. The zero-order valence-electron chi connectivity index (χ0n) is 24.0. The van der Waals surface area contributed by atoms with E-state index in [9.17, 15) is 14.4 Å². The number of nitrogens with one attached hydrogen (secondary N) is 4. The van der Waals surface area contributed by atoms with E-state index in [1.54, 1.807) is 6.07 Å². The zero-order chi connectivity index (χ0) is 29.1. The third-order valence-corrected chi connectivity index (χ3v) is 7.41. The molecule has 0 saturated carbocycles. The molecule has 0 aromatic heterocycles. The fraction of sp³-hybridized carbons (Fsp3) is 0.516. The van der Waals surface area contributed by atoms with Crippen molar-refractivity contribution in [3.8, 4) is 5.75 Å². The minimum Gasteiger partial charge on any atom is -0.492 e. The molecule has 0 bridgehead atoms. The number of hydrogen-bond donors (Lipinski definition) is 4. The van der Waals surface area contributed by atoms with Gasteiger partial charge in [0, 0.05) is 18.1 Å². The lowest BCUT2D eigenvalue weighted by Gasteiger charge is -2.28. The van der Waals surface area contributed by atoms with Gasteiger partial charge in [0.2, 0.25) is 17.7 Å². The summed E-state index contributed by atoms with van der Waals surface area (Å²) in [5.74, 6) is -0.147. The monoisotopic (exact) mass is 570 g/mol. The summed E-state index contributed by atoms with van der Waals surface area (Å²) < 4.78 is 6.14. The fourth-order valence-electron chi connectivity index (χ4n) is 4.87. The third-order valence-electron chi connectivity index (χ3n) is 7.18. The maximum absolute atomic E-state index is 13.6. The van der Waals surface area contributed by atoms with E-state index < -0.39 is 18.1 Å². The molecule has 2 aromatic rings. The van der Waals surface area contributed by atoms with E-state index in [-0.39, 0.29) is 29.6 Å². The number of para-hydroxylation sites is 1. The van der Waals surface area contributed by atoms with Gasteiger partial charge in [0.1, 0.15) is 24.4 Å². The van der Waals surface area contributed by atoms with Crippen LogP contribution >= 0.6 is 11.6 Å². The number of amides is 3. The molecule has 1 heterocycles. The second-order valence-electron chi connectivity index (χ2n) is 10.8. The SMILES string of the molecule is CCC[C@@H]1NC(=O)[C@@H](C(C)C)NC(=O)[C@@H](Cc2cccc(Cl)c2)NCCOc2ccccc2C(C)CCNC1=O.